The third kappa shape index (κ3) is 2.09. The molecule has 1 heterocycles. The molecule has 2 atom stereocenters. The lowest BCUT2D eigenvalue weighted by Crippen LogP contribution is -2.30. The first kappa shape index (κ1) is 12.8. The molecule has 5 heteroatoms. The van der Waals surface area contributed by atoms with Crippen molar-refractivity contribution in [2.75, 3.05) is 0 Å². The first-order valence-electron chi connectivity index (χ1n) is 6.79. The van der Waals surface area contributed by atoms with Crippen molar-refractivity contribution in [2.24, 2.45) is 17.0 Å². The maximum atomic E-state index is 12.4. The maximum Gasteiger partial charge on any atom is 0.233 e. The number of benzene rings is 1. The zero-order valence-corrected chi connectivity index (χ0v) is 11.0. The molecular formula is C15H16N2O3. The van der Waals surface area contributed by atoms with Crippen LogP contribution in [0, 0.1) is 11.8 Å². The Morgan fingerprint density at radius 3 is 2.55 bits per heavy atom. The van der Waals surface area contributed by atoms with Gasteiger partial charge in [0, 0.05) is 6.42 Å². The molecule has 0 spiro atoms. The minimum Gasteiger partial charge on any atom is -0.411 e. The highest BCUT2D eigenvalue weighted by Gasteiger charge is 2.49. The van der Waals surface area contributed by atoms with Gasteiger partial charge in [0.25, 0.3) is 0 Å². The fourth-order valence-corrected chi connectivity index (χ4v) is 3.10. The molecule has 2 amide bonds. The summed E-state index contributed by atoms with van der Waals surface area (Å²) < 4.78 is 0. The summed E-state index contributed by atoms with van der Waals surface area (Å²) in [6, 6.07) is 9.50. The molecule has 1 saturated carbocycles. The van der Waals surface area contributed by atoms with Crippen molar-refractivity contribution in [1.29, 1.82) is 0 Å². The number of likely N-dealkylation sites (tertiary alicyclic amines) is 1. The van der Waals surface area contributed by atoms with Gasteiger partial charge in [-0.25, -0.2) is 0 Å². The Morgan fingerprint density at radius 1 is 1.15 bits per heavy atom. The highest BCUT2D eigenvalue weighted by molar-refractivity contribution is 6.07. The first-order valence-corrected chi connectivity index (χ1v) is 6.79. The molecule has 20 heavy (non-hydrogen) atoms. The van der Waals surface area contributed by atoms with Crippen LogP contribution < -0.4 is 0 Å². The summed E-state index contributed by atoms with van der Waals surface area (Å²) in [7, 11) is 0. The van der Waals surface area contributed by atoms with Crippen molar-refractivity contribution in [3.8, 4) is 0 Å². The summed E-state index contributed by atoms with van der Waals surface area (Å²) in [5.41, 5.74) is 1.57. The van der Waals surface area contributed by atoms with E-state index in [-0.39, 0.29) is 23.7 Å². The third-order valence-electron chi connectivity index (χ3n) is 4.18. The van der Waals surface area contributed by atoms with Gasteiger partial charge >= 0.3 is 0 Å². The number of carbonyl (C=O) groups excluding carboxylic acids is 2. The summed E-state index contributed by atoms with van der Waals surface area (Å²) in [5.74, 6) is -0.798. The van der Waals surface area contributed by atoms with Gasteiger partial charge in [0.05, 0.1) is 24.1 Å². The van der Waals surface area contributed by atoms with E-state index in [1.54, 1.807) is 0 Å². The van der Waals surface area contributed by atoms with Crippen LogP contribution in [0.4, 0.5) is 0 Å². The van der Waals surface area contributed by atoms with Crippen LogP contribution in [0.3, 0.4) is 0 Å². The molecule has 2 aliphatic rings. The van der Waals surface area contributed by atoms with Gasteiger partial charge in [-0.15, -0.1) is 0 Å². The van der Waals surface area contributed by atoms with Crippen molar-refractivity contribution in [3.63, 3.8) is 0 Å². The van der Waals surface area contributed by atoms with Crippen LogP contribution >= 0.6 is 0 Å². The number of hydrogen-bond donors (Lipinski definition) is 1. The van der Waals surface area contributed by atoms with Crippen molar-refractivity contribution in [3.05, 3.63) is 35.9 Å². The zero-order chi connectivity index (χ0) is 14.1. The molecular weight excluding hydrogens is 256 g/mol. The largest absolute Gasteiger partial charge is 0.411 e. The molecule has 0 radical (unpaired) electrons. The summed E-state index contributed by atoms with van der Waals surface area (Å²) in [6.07, 6.45) is 1.59. The molecule has 2 fully saturated rings. The molecule has 5 nitrogen and oxygen atoms in total. The molecule has 1 aromatic rings. The van der Waals surface area contributed by atoms with Crippen LogP contribution in [-0.2, 0) is 16.1 Å². The van der Waals surface area contributed by atoms with E-state index in [1.807, 2.05) is 30.3 Å². The SMILES string of the molecule is O=C1[C@@H]2CC/C(=N/O)C[C@H]2C(=O)N1Cc1ccccc1. The van der Waals surface area contributed by atoms with Crippen molar-refractivity contribution >= 4 is 17.5 Å². The van der Waals surface area contributed by atoms with Crippen LogP contribution in [0.1, 0.15) is 24.8 Å². The first-order chi connectivity index (χ1) is 9.70. The second kappa shape index (κ2) is 5.07. The predicted octanol–water partition coefficient (Wildman–Crippen LogP) is 1.80. The standard InChI is InChI=1S/C15H16N2O3/c18-14-12-7-6-11(16-20)8-13(12)15(19)17(14)9-10-4-2-1-3-5-10/h1-5,12-13,20H,6-9H2/b16-11-/t12-,13-/m1/s1. The van der Waals surface area contributed by atoms with Gasteiger partial charge in [-0.05, 0) is 18.4 Å². The van der Waals surface area contributed by atoms with Gasteiger partial charge < -0.3 is 5.21 Å². The summed E-state index contributed by atoms with van der Waals surface area (Å²) >= 11 is 0. The van der Waals surface area contributed by atoms with Gasteiger partial charge in [0.15, 0.2) is 0 Å². The average Bonchev–Trinajstić information content (AvgIpc) is 2.73. The number of nitrogens with zero attached hydrogens (tertiary/aromatic N) is 2. The normalized spacial score (nSPS) is 28.0. The molecule has 1 aromatic carbocycles. The molecule has 1 aliphatic heterocycles. The predicted molar refractivity (Wildman–Crippen MR) is 72.1 cm³/mol. The molecule has 0 aromatic heterocycles. The minimum absolute atomic E-state index is 0.0826. The molecule has 1 N–H and O–H groups in total. The fourth-order valence-electron chi connectivity index (χ4n) is 3.10. The lowest BCUT2D eigenvalue weighted by molar-refractivity contribution is -0.140. The molecule has 0 unspecified atom stereocenters. The number of imide groups is 1. The van der Waals surface area contributed by atoms with E-state index < -0.39 is 0 Å². The molecule has 1 saturated heterocycles. The maximum absolute atomic E-state index is 12.4. The monoisotopic (exact) mass is 272 g/mol. The van der Waals surface area contributed by atoms with Crippen LogP contribution in [0.2, 0.25) is 0 Å². The number of carbonyl (C=O) groups is 2. The van der Waals surface area contributed by atoms with Crippen molar-refractivity contribution < 1.29 is 14.8 Å². The third-order valence-corrected chi connectivity index (χ3v) is 4.18. The number of rotatable bonds is 2. The summed E-state index contributed by atoms with van der Waals surface area (Å²) in [5, 5.41) is 12.1. The van der Waals surface area contributed by atoms with Gasteiger partial charge in [0.2, 0.25) is 11.8 Å². The fraction of sp³-hybridized carbons (Fsp3) is 0.400. The Balaban J connectivity index is 1.80. The zero-order valence-electron chi connectivity index (χ0n) is 11.0. The number of amides is 2. The second-order valence-corrected chi connectivity index (χ2v) is 5.37. The number of oxime groups is 1. The Kier molecular flexibility index (Phi) is 3.26. The molecule has 1 aliphatic carbocycles. The van der Waals surface area contributed by atoms with Gasteiger partial charge in [-0.3, -0.25) is 14.5 Å². The van der Waals surface area contributed by atoms with Crippen molar-refractivity contribution in [2.45, 2.75) is 25.8 Å². The van der Waals surface area contributed by atoms with E-state index in [0.29, 0.717) is 31.5 Å². The van der Waals surface area contributed by atoms with Crippen LogP contribution in [0.15, 0.2) is 35.5 Å². The highest BCUT2D eigenvalue weighted by atomic mass is 16.4. The quantitative estimate of drug-likeness (QED) is 0.507. The minimum atomic E-state index is -0.342. The van der Waals surface area contributed by atoms with E-state index >= 15 is 0 Å². The lowest BCUT2D eigenvalue weighted by atomic mass is 9.80. The van der Waals surface area contributed by atoms with E-state index in [9.17, 15) is 9.59 Å². The second-order valence-electron chi connectivity index (χ2n) is 5.37. The van der Waals surface area contributed by atoms with Crippen molar-refractivity contribution in [1.82, 2.24) is 4.90 Å². The van der Waals surface area contributed by atoms with Gasteiger partial charge in [0.1, 0.15) is 0 Å². The Morgan fingerprint density at radius 2 is 1.85 bits per heavy atom. The average molecular weight is 272 g/mol. The Hall–Kier alpha value is -2.17. The molecule has 3 rings (SSSR count). The number of fused-ring (bicyclic) bond motifs is 1. The van der Waals surface area contributed by atoms with Crippen LogP contribution in [0.25, 0.3) is 0 Å². The van der Waals surface area contributed by atoms with Gasteiger partial charge in [-0.2, -0.15) is 0 Å². The van der Waals surface area contributed by atoms with E-state index in [0.717, 1.165) is 5.56 Å². The number of hydrogen-bond acceptors (Lipinski definition) is 4. The van der Waals surface area contributed by atoms with E-state index in [2.05, 4.69) is 5.16 Å². The summed E-state index contributed by atoms with van der Waals surface area (Å²) in [6.45, 7) is 0.330. The van der Waals surface area contributed by atoms with Crippen LogP contribution in [-0.4, -0.2) is 27.6 Å². The highest BCUT2D eigenvalue weighted by Crippen LogP contribution is 2.37. The topological polar surface area (TPSA) is 70.0 Å². The van der Waals surface area contributed by atoms with E-state index in [4.69, 9.17) is 5.21 Å². The van der Waals surface area contributed by atoms with E-state index in [1.165, 1.54) is 4.90 Å². The van der Waals surface area contributed by atoms with Gasteiger partial charge in [-0.1, -0.05) is 35.5 Å². The van der Waals surface area contributed by atoms with Crippen LogP contribution in [0.5, 0.6) is 0 Å². The molecule has 104 valence electrons. The smallest absolute Gasteiger partial charge is 0.233 e. The molecule has 0 bridgehead atoms. The Bertz CT molecular complexity index is 568. The lowest BCUT2D eigenvalue weighted by Gasteiger charge is -2.20. The summed E-state index contributed by atoms with van der Waals surface area (Å²) in [4.78, 5) is 26.1. The Labute approximate surface area is 116 Å².